The molecule has 0 saturated carbocycles. The van der Waals surface area contributed by atoms with Crippen LogP contribution >= 0.6 is 0 Å². The molecule has 0 aromatic heterocycles. The predicted octanol–water partition coefficient (Wildman–Crippen LogP) is 1.92. The van der Waals surface area contributed by atoms with E-state index in [0.29, 0.717) is 0 Å². The minimum Gasteiger partial charge on any atom is -0.405 e. The van der Waals surface area contributed by atoms with Gasteiger partial charge < -0.3 is 11.1 Å². The van der Waals surface area contributed by atoms with Crippen molar-refractivity contribution in [2.75, 3.05) is 6.54 Å². The second-order valence-corrected chi connectivity index (χ2v) is 2.58. The number of allylic oxidation sites excluding steroid dienone is 3. The number of hydrogen-bond acceptors (Lipinski definition) is 2. The van der Waals surface area contributed by atoms with Gasteiger partial charge in [-0.25, -0.2) is 0 Å². The number of nitrogens with one attached hydrogen (secondary N) is 1. The predicted molar refractivity (Wildman–Crippen MR) is 54.5 cm³/mol. The zero-order valence-electron chi connectivity index (χ0n) is 7.88. The molecule has 0 radical (unpaired) electrons. The van der Waals surface area contributed by atoms with Gasteiger partial charge in [0.15, 0.2) is 0 Å². The first-order valence-corrected chi connectivity index (χ1v) is 4.23. The summed E-state index contributed by atoms with van der Waals surface area (Å²) in [7, 11) is 0. The van der Waals surface area contributed by atoms with Crippen LogP contribution in [0.4, 0.5) is 0 Å². The van der Waals surface area contributed by atoms with Gasteiger partial charge in [0.05, 0.1) is 0 Å². The molecule has 0 amide bonds. The van der Waals surface area contributed by atoms with Gasteiger partial charge in [0, 0.05) is 6.54 Å². The van der Waals surface area contributed by atoms with Gasteiger partial charge in [-0.15, -0.1) is 0 Å². The van der Waals surface area contributed by atoms with E-state index in [9.17, 15) is 0 Å². The standard InChI is InChI=1S/C10H18N2/c1-3-6-10(2)9-12-8-5-4-7-11/h4-8,12H,3,9,11H2,1-2H3/b7-4-,8-5+,10-6+. The van der Waals surface area contributed by atoms with Crippen LogP contribution in [0.5, 0.6) is 0 Å². The Morgan fingerprint density at radius 1 is 1.42 bits per heavy atom. The fourth-order valence-electron chi connectivity index (χ4n) is 0.828. The minimum atomic E-state index is 0.906. The Labute approximate surface area is 74.8 Å². The van der Waals surface area contributed by atoms with Crippen LogP contribution in [0.15, 0.2) is 36.2 Å². The van der Waals surface area contributed by atoms with Crippen LogP contribution in [0.3, 0.4) is 0 Å². The van der Waals surface area contributed by atoms with Gasteiger partial charge in [-0.3, -0.25) is 0 Å². The summed E-state index contributed by atoms with van der Waals surface area (Å²) in [5, 5.41) is 3.15. The van der Waals surface area contributed by atoms with Gasteiger partial charge in [0.1, 0.15) is 0 Å². The van der Waals surface area contributed by atoms with Crippen molar-refractivity contribution in [1.82, 2.24) is 5.32 Å². The summed E-state index contributed by atoms with van der Waals surface area (Å²) in [5.41, 5.74) is 6.51. The van der Waals surface area contributed by atoms with Crippen LogP contribution in [-0.2, 0) is 0 Å². The molecule has 0 aromatic carbocycles. The van der Waals surface area contributed by atoms with Crippen LogP contribution < -0.4 is 11.1 Å². The smallest absolute Gasteiger partial charge is 0.0352 e. The zero-order valence-corrected chi connectivity index (χ0v) is 7.88. The summed E-state index contributed by atoms with van der Waals surface area (Å²) in [6, 6.07) is 0. The Balaban J connectivity index is 3.49. The second kappa shape index (κ2) is 7.92. The molecule has 68 valence electrons. The molecule has 0 unspecified atom stereocenters. The summed E-state index contributed by atoms with van der Waals surface area (Å²) in [5.74, 6) is 0. The molecule has 0 aliphatic carbocycles. The maximum absolute atomic E-state index is 5.15. The van der Waals surface area contributed by atoms with Gasteiger partial charge in [0.25, 0.3) is 0 Å². The number of hydrogen-bond donors (Lipinski definition) is 2. The highest BCUT2D eigenvalue weighted by Crippen LogP contribution is 1.91. The Morgan fingerprint density at radius 2 is 2.17 bits per heavy atom. The van der Waals surface area contributed by atoms with Crippen molar-refractivity contribution < 1.29 is 0 Å². The molecule has 3 N–H and O–H groups in total. The SMILES string of the molecule is CC/C=C(\C)CN/C=C/C=C\N. The summed E-state index contributed by atoms with van der Waals surface area (Å²) in [4.78, 5) is 0. The van der Waals surface area contributed by atoms with Crippen molar-refractivity contribution in [3.05, 3.63) is 36.2 Å². The molecular weight excluding hydrogens is 148 g/mol. The van der Waals surface area contributed by atoms with E-state index in [1.165, 1.54) is 11.8 Å². The molecule has 0 saturated heterocycles. The summed E-state index contributed by atoms with van der Waals surface area (Å²) >= 11 is 0. The first-order valence-electron chi connectivity index (χ1n) is 4.23. The fraction of sp³-hybridized carbons (Fsp3) is 0.400. The molecule has 0 aliphatic rings. The topological polar surface area (TPSA) is 38.0 Å². The van der Waals surface area contributed by atoms with E-state index >= 15 is 0 Å². The Hall–Kier alpha value is -1.18. The van der Waals surface area contributed by atoms with E-state index in [2.05, 4.69) is 25.2 Å². The third-order valence-corrected chi connectivity index (χ3v) is 1.37. The lowest BCUT2D eigenvalue weighted by Crippen LogP contribution is -2.07. The van der Waals surface area contributed by atoms with Gasteiger partial charge in [-0.05, 0) is 37.9 Å². The van der Waals surface area contributed by atoms with Crippen molar-refractivity contribution >= 4 is 0 Å². The molecule has 0 spiro atoms. The monoisotopic (exact) mass is 166 g/mol. The van der Waals surface area contributed by atoms with E-state index in [1.54, 1.807) is 6.08 Å². The van der Waals surface area contributed by atoms with Crippen LogP contribution in [0, 0.1) is 0 Å². The number of nitrogens with two attached hydrogens (primary N) is 1. The average Bonchev–Trinajstić information content (AvgIpc) is 2.05. The van der Waals surface area contributed by atoms with E-state index in [0.717, 1.165) is 13.0 Å². The third-order valence-electron chi connectivity index (χ3n) is 1.37. The first-order chi connectivity index (χ1) is 5.81. The van der Waals surface area contributed by atoms with E-state index in [4.69, 9.17) is 5.73 Å². The average molecular weight is 166 g/mol. The highest BCUT2D eigenvalue weighted by molar-refractivity contribution is 5.04. The molecule has 0 atom stereocenters. The molecule has 2 heteroatoms. The van der Waals surface area contributed by atoms with Gasteiger partial charge in [0.2, 0.25) is 0 Å². The highest BCUT2D eigenvalue weighted by Gasteiger charge is 1.82. The van der Waals surface area contributed by atoms with Crippen molar-refractivity contribution in [3.63, 3.8) is 0 Å². The molecule has 12 heavy (non-hydrogen) atoms. The second-order valence-electron chi connectivity index (χ2n) is 2.58. The quantitative estimate of drug-likeness (QED) is 0.483. The molecule has 2 nitrogen and oxygen atoms in total. The highest BCUT2D eigenvalue weighted by atomic mass is 14.8. The van der Waals surface area contributed by atoms with E-state index in [1.807, 2.05) is 12.3 Å². The maximum atomic E-state index is 5.15. The molecule has 0 aromatic rings. The Morgan fingerprint density at radius 3 is 2.75 bits per heavy atom. The fourth-order valence-corrected chi connectivity index (χ4v) is 0.828. The maximum Gasteiger partial charge on any atom is 0.0352 e. The molecule has 0 rings (SSSR count). The first kappa shape index (κ1) is 10.8. The lowest BCUT2D eigenvalue weighted by molar-refractivity contribution is 0.926. The van der Waals surface area contributed by atoms with E-state index < -0.39 is 0 Å². The van der Waals surface area contributed by atoms with Gasteiger partial charge in [-0.2, -0.15) is 0 Å². The summed E-state index contributed by atoms with van der Waals surface area (Å²) < 4.78 is 0. The van der Waals surface area contributed by atoms with Crippen molar-refractivity contribution in [2.45, 2.75) is 20.3 Å². The lowest BCUT2D eigenvalue weighted by atomic mass is 10.2. The normalized spacial score (nSPS) is 13.0. The van der Waals surface area contributed by atoms with Crippen LogP contribution in [0.1, 0.15) is 20.3 Å². The molecule has 0 bridgehead atoms. The summed E-state index contributed by atoms with van der Waals surface area (Å²) in [6.45, 7) is 5.16. The van der Waals surface area contributed by atoms with Crippen LogP contribution in [0.2, 0.25) is 0 Å². The molecular formula is C10H18N2. The molecule has 0 fully saturated rings. The Bertz CT molecular complexity index is 178. The zero-order chi connectivity index (χ0) is 9.23. The van der Waals surface area contributed by atoms with Crippen LogP contribution in [0.25, 0.3) is 0 Å². The van der Waals surface area contributed by atoms with Crippen LogP contribution in [-0.4, -0.2) is 6.54 Å². The Kier molecular flexibility index (Phi) is 7.14. The van der Waals surface area contributed by atoms with Crippen molar-refractivity contribution in [2.24, 2.45) is 5.73 Å². The van der Waals surface area contributed by atoms with Crippen molar-refractivity contribution in [1.29, 1.82) is 0 Å². The van der Waals surface area contributed by atoms with E-state index in [-0.39, 0.29) is 0 Å². The molecule has 0 heterocycles. The third kappa shape index (κ3) is 6.93. The summed E-state index contributed by atoms with van der Waals surface area (Å²) in [6.07, 6.45) is 10.4. The largest absolute Gasteiger partial charge is 0.405 e. The van der Waals surface area contributed by atoms with Crippen molar-refractivity contribution in [3.8, 4) is 0 Å². The molecule has 0 aliphatic heterocycles. The minimum absolute atomic E-state index is 0.906. The van der Waals surface area contributed by atoms with Gasteiger partial charge >= 0.3 is 0 Å². The number of rotatable bonds is 5. The lowest BCUT2D eigenvalue weighted by Gasteiger charge is -1.99. The van der Waals surface area contributed by atoms with Gasteiger partial charge in [-0.1, -0.05) is 18.6 Å².